The van der Waals surface area contributed by atoms with Gasteiger partial charge < -0.3 is 9.84 Å². The molecule has 104 valence electrons. The van der Waals surface area contributed by atoms with Gasteiger partial charge in [0.25, 0.3) is 5.89 Å². The Hall–Kier alpha value is -0.620. The molecule has 0 amide bonds. The summed E-state index contributed by atoms with van der Waals surface area (Å²) in [6.45, 7) is 2.06. The van der Waals surface area contributed by atoms with Gasteiger partial charge in [-0.3, -0.25) is 0 Å². The van der Waals surface area contributed by atoms with Gasteiger partial charge in [0, 0.05) is 22.0 Å². The van der Waals surface area contributed by atoms with Crippen molar-refractivity contribution in [2.75, 3.05) is 7.05 Å². The summed E-state index contributed by atoms with van der Waals surface area (Å²) in [7, 11) is 1.90. The first-order valence-corrected chi connectivity index (χ1v) is 6.72. The van der Waals surface area contributed by atoms with Crippen molar-refractivity contribution in [1.29, 1.82) is 0 Å². The van der Waals surface area contributed by atoms with E-state index in [1.165, 1.54) is 0 Å². The molecule has 1 heterocycles. The SMILES string of the molecule is CNC(C)Cc1noc(-c2ccc(Cl)cc2Br)n1.Cl. The van der Waals surface area contributed by atoms with E-state index in [0.29, 0.717) is 22.8 Å². The zero-order valence-electron chi connectivity index (χ0n) is 10.5. The van der Waals surface area contributed by atoms with Crippen LogP contribution in [0.15, 0.2) is 27.2 Å². The first kappa shape index (κ1) is 16.4. The second kappa shape index (κ2) is 7.24. The molecule has 0 saturated carbocycles. The van der Waals surface area contributed by atoms with E-state index in [-0.39, 0.29) is 12.4 Å². The molecule has 1 N–H and O–H groups in total. The first-order chi connectivity index (χ1) is 8.60. The van der Waals surface area contributed by atoms with Crippen LogP contribution in [0.4, 0.5) is 0 Å². The molecule has 0 saturated heterocycles. The lowest BCUT2D eigenvalue weighted by Crippen LogP contribution is -2.24. The van der Waals surface area contributed by atoms with Gasteiger partial charge in [0.1, 0.15) is 0 Å². The fourth-order valence-corrected chi connectivity index (χ4v) is 2.34. The van der Waals surface area contributed by atoms with Crippen LogP contribution in [0.2, 0.25) is 5.02 Å². The number of likely N-dealkylation sites (N-methyl/N-ethyl adjacent to an activating group) is 1. The summed E-state index contributed by atoms with van der Waals surface area (Å²) in [5, 5.41) is 7.76. The summed E-state index contributed by atoms with van der Waals surface area (Å²) < 4.78 is 6.09. The van der Waals surface area contributed by atoms with E-state index in [1.807, 2.05) is 13.1 Å². The molecule has 0 aliphatic carbocycles. The number of nitrogens with one attached hydrogen (secondary N) is 1. The molecule has 0 fully saturated rings. The van der Waals surface area contributed by atoms with Crippen molar-refractivity contribution in [2.24, 2.45) is 0 Å². The summed E-state index contributed by atoms with van der Waals surface area (Å²) in [4.78, 5) is 4.37. The second-order valence-corrected chi connectivity index (χ2v) is 5.32. The second-order valence-electron chi connectivity index (χ2n) is 4.03. The van der Waals surface area contributed by atoms with Crippen LogP contribution in [-0.4, -0.2) is 23.2 Å². The number of nitrogens with zero attached hydrogens (tertiary/aromatic N) is 2. The number of hydrogen-bond acceptors (Lipinski definition) is 4. The van der Waals surface area contributed by atoms with E-state index >= 15 is 0 Å². The zero-order chi connectivity index (χ0) is 13.1. The van der Waals surface area contributed by atoms with Crippen LogP contribution < -0.4 is 5.32 Å². The average molecular weight is 367 g/mol. The van der Waals surface area contributed by atoms with Gasteiger partial charge >= 0.3 is 0 Å². The molecule has 4 nitrogen and oxygen atoms in total. The van der Waals surface area contributed by atoms with E-state index in [2.05, 4.69) is 38.3 Å². The third-order valence-electron chi connectivity index (χ3n) is 2.61. The van der Waals surface area contributed by atoms with E-state index < -0.39 is 0 Å². The Morgan fingerprint density at radius 1 is 1.47 bits per heavy atom. The monoisotopic (exact) mass is 365 g/mol. The molecular weight excluding hydrogens is 353 g/mol. The van der Waals surface area contributed by atoms with Gasteiger partial charge in [-0.1, -0.05) is 16.8 Å². The summed E-state index contributed by atoms with van der Waals surface area (Å²) >= 11 is 9.33. The lowest BCUT2D eigenvalue weighted by molar-refractivity contribution is 0.418. The number of rotatable bonds is 4. The van der Waals surface area contributed by atoms with Crippen LogP contribution in [0.25, 0.3) is 11.5 Å². The highest BCUT2D eigenvalue weighted by atomic mass is 79.9. The van der Waals surface area contributed by atoms with Crippen molar-refractivity contribution in [2.45, 2.75) is 19.4 Å². The highest BCUT2D eigenvalue weighted by Gasteiger charge is 2.13. The number of halogens is 3. The lowest BCUT2D eigenvalue weighted by Gasteiger charge is -2.04. The van der Waals surface area contributed by atoms with Gasteiger partial charge in [0.15, 0.2) is 5.82 Å². The summed E-state index contributed by atoms with van der Waals surface area (Å²) in [6, 6.07) is 5.76. The van der Waals surface area contributed by atoms with Crippen molar-refractivity contribution in [3.05, 3.63) is 33.5 Å². The molecule has 1 aromatic heterocycles. The van der Waals surface area contributed by atoms with Crippen LogP contribution >= 0.6 is 39.9 Å². The molecule has 1 unspecified atom stereocenters. The van der Waals surface area contributed by atoms with Gasteiger partial charge in [-0.05, 0) is 48.1 Å². The molecule has 0 aliphatic rings. The van der Waals surface area contributed by atoms with E-state index in [9.17, 15) is 0 Å². The van der Waals surface area contributed by atoms with Crippen molar-refractivity contribution in [3.8, 4) is 11.5 Å². The summed E-state index contributed by atoms with van der Waals surface area (Å²) in [6.07, 6.45) is 0.727. The van der Waals surface area contributed by atoms with Crippen molar-refractivity contribution in [3.63, 3.8) is 0 Å². The minimum atomic E-state index is 0. The molecule has 2 rings (SSSR count). The Bertz CT molecular complexity index is 548. The third kappa shape index (κ3) is 4.18. The Labute approximate surface area is 131 Å². The highest BCUT2D eigenvalue weighted by Crippen LogP contribution is 2.29. The van der Waals surface area contributed by atoms with E-state index in [0.717, 1.165) is 16.5 Å². The van der Waals surface area contributed by atoms with E-state index in [4.69, 9.17) is 16.1 Å². The Morgan fingerprint density at radius 3 is 2.84 bits per heavy atom. The van der Waals surface area contributed by atoms with Gasteiger partial charge in [0.2, 0.25) is 0 Å². The molecule has 0 bridgehead atoms. The molecule has 19 heavy (non-hydrogen) atoms. The third-order valence-corrected chi connectivity index (χ3v) is 3.50. The van der Waals surface area contributed by atoms with Crippen LogP contribution in [0.5, 0.6) is 0 Å². The number of hydrogen-bond donors (Lipinski definition) is 1. The molecular formula is C12H14BrCl2N3O. The minimum Gasteiger partial charge on any atom is -0.334 e. The fraction of sp³-hybridized carbons (Fsp3) is 0.333. The van der Waals surface area contributed by atoms with Crippen molar-refractivity contribution < 1.29 is 4.52 Å². The summed E-state index contributed by atoms with van der Waals surface area (Å²) in [5.74, 6) is 1.19. The predicted octanol–water partition coefficient (Wildman–Crippen LogP) is 3.72. The van der Waals surface area contributed by atoms with Gasteiger partial charge in [-0.25, -0.2) is 0 Å². The molecule has 7 heteroatoms. The number of benzene rings is 1. The topological polar surface area (TPSA) is 51.0 Å². The smallest absolute Gasteiger partial charge is 0.259 e. The Balaban J connectivity index is 0.00000180. The predicted molar refractivity (Wildman–Crippen MR) is 81.9 cm³/mol. The maximum absolute atomic E-state index is 5.89. The largest absolute Gasteiger partial charge is 0.334 e. The van der Waals surface area contributed by atoms with E-state index in [1.54, 1.807) is 12.1 Å². The fourth-order valence-electron chi connectivity index (χ4n) is 1.49. The van der Waals surface area contributed by atoms with Crippen LogP contribution in [-0.2, 0) is 6.42 Å². The quantitative estimate of drug-likeness (QED) is 0.895. The van der Waals surface area contributed by atoms with Gasteiger partial charge in [0.05, 0.1) is 5.56 Å². The van der Waals surface area contributed by atoms with Crippen LogP contribution in [0.1, 0.15) is 12.7 Å². The molecule has 0 radical (unpaired) electrons. The van der Waals surface area contributed by atoms with Crippen LogP contribution in [0, 0.1) is 0 Å². The number of aromatic nitrogens is 2. The first-order valence-electron chi connectivity index (χ1n) is 5.55. The molecule has 1 aromatic carbocycles. The van der Waals surface area contributed by atoms with Crippen molar-refractivity contribution >= 4 is 39.9 Å². The van der Waals surface area contributed by atoms with Gasteiger partial charge in [-0.15, -0.1) is 12.4 Å². The van der Waals surface area contributed by atoms with Crippen LogP contribution in [0.3, 0.4) is 0 Å². The highest BCUT2D eigenvalue weighted by molar-refractivity contribution is 9.10. The maximum Gasteiger partial charge on any atom is 0.259 e. The standard InChI is InChI=1S/C12H13BrClN3O.ClH/c1-7(15-2)5-11-16-12(18-17-11)9-4-3-8(14)6-10(9)13;/h3-4,6-7,15H,5H2,1-2H3;1H. The van der Waals surface area contributed by atoms with Crippen molar-refractivity contribution in [1.82, 2.24) is 15.5 Å². The molecule has 2 aromatic rings. The maximum atomic E-state index is 5.89. The lowest BCUT2D eigenvalue weighted by atomic mass is 10.2. The molecule has 0 aliphatic heterocycles. The average Bonchev–Trinajstić information content (AvgIpc) is 2.77. The Kier molecular flexibility index (Phi) is 6.26. The molecule has 1 atom stereocenters. The molecule has 0 spiro atoms. The Morgan fingerprint density at radius 2 is 2.21 bits per heavy atom. The summed E-state index contributed by atoms with van der Waals surface area (Å²) in [5.41, 5.74) is 0.843. The zero-order valence-corrected chi connectivity index (χ0v) is 13.6. The minimum absolute atomic E-state index is 0. The van der Waals surface area contributed by atoms with Gasteiger partial charge in [-0.2, -0.15) is 4.98 Å². The normalized spacial score (nSPS) is 12.0.